The van der Waals surface area contributed by atoms with E-state index in [1.807, 2.05) is 24.8 Å². The van der Waals surface area contributed by atoms with E-state index >= 15 is 0 Å². The van der Waals surface area contributed by atoms with E-state index in [0.29, 0.717) is 12.2 Å². The Labute approximate surface area is 146 Å². The number of hydrogen-bond donors (Lipinski definition) is 2. The van der Waals surface area contributed by atoms with Crippen molar-refractivity contribution in [3.63, 3.8) is 0 Å². The van der Waals surface area contributed by atoms with Crippen molar-refractivity contribution in [1.29, 1.82) is 0 Å². The van der Waals surface area contributed by atoms with Gasteiger partial charge < -0.3 is 15.5 Å². The minimum Gasteiger partial charge on any atom is -0.349 e. The summed E-state index contributed by atoms with van der Waals surface area (Å²) in [6.07, 6.45) is 1.04. The van der Waals surface area contributed by atoms with Gasteiger partial charge in [0.2, 0.25) is 0 Å². The molecule has 24 heavy (non-hydrogen) atoms. The van der Waals surface area contributed by atoms with Gasteiger partial charge >= 0.3 is 0 Å². The van der Waals surface area contributed by atoms with Crippen LogP contribution in [0.3, 0.4) is 0 Å². The van der Waals surface area contributed by atoms with E-state index in [2.05, 4.69) is 39.0 Å². The first-order valence-corrected chi connectivity index (χ1v) is 9.20. The molecule has 2 N–H and O–H groups in total. The van der Waals surface area contributed by atoms with E-state index in [1.54, 1.807) is 11.3 Å². The Kier molecular flexibility index (Phi) is 5.33. The summed E-state index contributed by atoms with van der Waals surface area (Å²) >= 11 is 1.74. The lowest BCUT2D eigenvalue weighted by Gasteiger charge is -2.24. The average Bonchev–Trinajstić information content (AvgIpc) is 3.08. The van der Waals surface area contributed by atoms with Crippen LogP contribution < -0.4 is 10.6 Å². The van der Waals surface area contributed by atoms with Gasteiger partial charge in [0.1, 0.15) is 5.69 Å². The van der Waals surface area contributed by atoms with E-state index in [9.17, 15) is 4.79 Å². The van der Waals surface area contributed by atoms with Crippen LogP contribution in [0, 0.1) is 6.92 Å². The van der Waals surface area contributed by atoms with Gasteiger partial charge in [0, 0.05) is 24.5 Å². The van der Waals surface area contributed by atoms with E-state index in [-0.39, 0.29) is 11.9 Å². The number of amides is 1. The average molecular weight is 347 g/mol. The number of fused-ring (bicyclic) bond motifs is 1. The van der Waals surface area contributed by atoms with Crippen LogP contribution in [0.2, 0.25) is 0 Å². The van der Waals surface area contributed by atoms with Crippen molar-refractivity contribution in [2.75, 3.05) is 27.2 Å². The van der Waals surface area contributed by atoms with Crippen molar-refractivity contribution in [2.24, 2.45) is 0 Å². The topological polar surface area (TPSA) is 62.2 Å². The molecule has 0 spiro atoms. The standard InChI is InChI=1S/C17H25N5OS/c1-12-5-8-24-16(12)15(21(2)3)11-19-17(23)14-9-13-10-18-6-4-7-22(13)20-14/h5,8-9,15,18H,4,6-7,10-11H2,1-3H3,(H,19,23)/t15-/m0/s1. The zero-order chi connectivity index (χ0) is 17.1. The second-order valence-corrected chi connectivity index (χ2v) is 7.38. The molecule has 1 atom stereocenters. The van der Waals surface area contributed by atoms with Crippen LogP contribution in [0.5, 0.6) is 0 Å². The maximum atomic E-state index is 12.5. The van der Waals surface area contributed by atoms with Crippen LogP contribution in [-0.4, -0.2) is 47.8 Å². The maximum absolute atomic E-state index is 12.5. The molecule has 1 aliphatic rings. The van der Waals surface area contributed by atoms with Crippen LogP contribution in [0.1, 0.15) is 39.1 Å². The Hall–Kier alpha value is -1.70. The Bertz CT molecular complexity index is 682. The van der Waals surface area contributed by atoms with Crippen molar-refractivity contribution in [3.05, 3.63) is 39.3 Å². The molecule has 1 aliphatic heterocycles. The molecule has 0 saturated heterocycles. The number of carbonyl (C=O) groups is 1. The fourth-order valence-corrected chi connectivity index (χ4v) is 4.11. The lowest BCUT2D eigenvalue weighted by Crippen LogP contribution is -2.34. The Morgan fingerprint density at radius 1 is 1.54 bits per heavy atom. The quantitative estimate of drug-likeness (QED) is 0.865. The molecule has 0 saturated carbocycles. The molecule has 0 aliphatic carbocycles. The van der Waals surface area contributed by atoms with Gasteiger partial charge in [-0.25, -0.2) is 0 Å². The van der Waals surface area contributed by atoms with Gasteiger partial charge in [-0.15, -0.1) is 11.3 Å². The number of likely N-dealkylation sites (N-methyl/N-ethyl adjacent to an activating group) is 1. The van der Waals surface area contributed by atoms with Crippen molar-refractivity contribution in [1.82, 2.24) is 25.3 Å². The van der Waals surface area contributed by atoms with Gasteiger partial charge in [-0.3, -0.25) is 9.48 Å². The van der Waals surface area contributed by atoms with Crippen molar-refractivity contribution >= 4 is 17.2 Å². The number of thiophene rings is 1. The van der Waals surface area contributed by atoms with Crippen LogP contribution >= 0.6 is 11.3 Å². The SMILES string of the molecule is Cc1ccsc1[C@H](CNC(=O)c1cc2n(n1)CCCNC2)N(C)C. The Balaban J connectivity index is 1.67. The number of nitrogens with one attached hydrogen (secondary N) is 2. The number of aromatic nitrogens is 2. The predicted molar refractivity (Wildman–Crippen MR) is 96.4 cm³/mol. The number of aryl methyl sites for hydroxylation is 2. The summed E-state index contributed by atoms with van der Waals surface area (Å²) in [6.45, 7) is 5.33. The third-order valence-electron chi connectivity index (χ3n) is 4.41. The van der Waals surface area contributed by atoms with E-state index in [4.69, 9.17) is 0 Å². The van der Waals surface area contributed by atoms with E-state index < -0.39 is 0 Å². The summed E-state index contributed by atoms with van der Waals surface area (Å²) in [5.74, 6) is -0.100. The highest BCUT2D eigenvalue weighted by molar-refractivity contribution is 7.10. The number of carbonyl (C=O) groups excluding carboxylic acids is 1. The van der Waals surface area contributed by atoms with Gasteiger partial charge in [-0.2, -0.15) is 5.10 Å². The smallest absolute Gasteiger partial charge is 0.271 e. The molecule has 0 fully saturated rings. The molecule has 1 amide bonds. The molecule has 0 unspecified atom stereocenters. The highest BCUT2D eigenvalue weighted by Crippen LogP contribution is 2.26. The van der Waals surface area contributed by atoms with Crippen LogP contribution in [-0.2, 0) is 13.1 Å². The minimum atomic E-state index is -0.100. The summed E-state index contributed by atoms with van der Waals surface area (Å²) in [5.41, 5.74) is 2.86. The molecule has 3 rings (SSSR count). The van der Waals surface area contributed by atoms with Crippen LogP contribution in [0.25, 0.3) is 0 Å². The predicted octanol–water partition coefficient (Wildman–Crippen LogP) is 1.78. The summed E-state index contributed by atoms with van der Waals surface area (Å²) in [6, 6.07) is 4.20. The van der Waals surface area contributed by atoms with Crippen molar-refractivity contribution in [2.45, 2.75) is 32.5 Å². The second-order valence-electron chi connectivity index (χ2n) is 6.43. The normalized spacial score (nSPS) is 15.8. The molecule has 2 aromatic heterocycles. The molecule has 130 valence electrons. The molecule has 6 nitrogen and oxygen atoms in total. The van der Waals surface area contributed by atoms with Gasteiger partial charge in [-0.05, 0) is 57.1 Å². The molecule has 7 heteroatoms. The summed E-state index contributed by atoms with van der Waals surface area (Å²) in [5, 5.41) is 13.0. The number of rotatable bonds is 5. The molecule has 0 radical (unpaired) electrons. The third kappa shape index (κ3) is 3.68. The van der Waals surface area contributed by atoms with Crippen LogP contribution in [0.15, 0.2) is 17.5 Å². The lowest BCUT2D eigenvalue weighted by molar-refractivity contribution is 0.0936. The second kappa shape index (κ2) is 7.46. The zero-order valence-corrected chi connectivity index (χ0v) is 15.3. The molecular formula is C17H25N5OS. The number of hydrogen-bond acceptors (Lipinski definition) is 5. The first-order valence-electron chi connectivity index (χ1n) is 8.32. The molecule has 0 aromatic carbocycles. The van der Waals surface area contributed by atoms with Crippen LogP contribution in [0.4, 0.5) is 0 Å². The molecule has 2 aromatic rings. The Morgan fingerprint density at radius 3 is 3.08 bits per heavy atom. The summed E-state index contributed by atoms with van der Waals surface area (Å²) < 4.78 is 1.95. The highest BCUT2D eigenvalue weighted by atomic mass is 32.1. The zero-order valence-electron chi connectivity index (χ0n) is 14.5. The van der Waals surface area contributed by atoms with E-state index in [1.165, 1.54) is 10.4 Å². The third-order valence-corrected chi connectivity index (χ3v) is 5.53. The first-order chi connectivity index (χ1) is 11.6. The highest BCUT2D eigenvalue weighted by Gasteiger charge is 2.21. The largest absolute Gasteiger partial charge is 0.349 e. The lowest BCUT2D eigenvalue weighted by atomic mass is 10.1. The number of nitrogens with zero attached hydrogens (tertiary/aromatic N) is 3. The molecule has 3 heterocycles. The van der Waals surface area contributed by atoms with Crippen molar-refractivity contribution < 1.29 is 4.79 Å². The van der Waals surface area contributed by atoms with Gasteiger partial charge in [0.05, 0.1) is 11.7 Å². The Morgan fingerprint density at radius 2 is 2.38 bits per heavy atom. The van der Waals surface area contributed by atoms with Gasteiger partial charge in [-0.1, -0.05) is 0 Å². The van der Waals surface area contributed by atoms with Gasteiger partial charge in [0.15, 0.2) is 0 Å². The fraction of sp³-hybridized carbons (Fsp3) is 0.529. The van der Waals surface area contributed by atoms with Gasteiger partial charge in [0.25, 0.3) is 5.91 Å². The summed E-state index contributed by atoms with van der Waals surface area (Å²) in [4.78, 5) is 15.9. The first kappa shape index (κ1) is 17.1. The van der Waals surface area contributed by atoms with E-state index in [0.717, 1.165) is 31.7 Å². The minimum absolute atomic E-state index is 0.100. The monoisotopic (exact) mass is 347 g/mol. The fourth-order valence-electron chi connectivity index (χ4n) is 2.99. The summed E-state index contributed by atoms with van der Waals surface area (Å²) in [7, 11) is 4.08. The molecule has 0 bridgehead atoms. The van der Waals surface area contributed by atoms with Crippen molar-refractivity contribution in [3.8, 4) is 0 Å². The maximum Gasteiger partial charge on any atom is 0.271 e. The molecular weight excluding hydrogens is 322 g/mol.